The molecule has 0 bridgehead atoms. The Kier molecular flexibility index (Phi) is 7.35. The van der Waals surface area contributed by atoms with Crippen LogP contribution >= 0.6 is 0 Å². The Morgan fingerprint density at radius 3 is 2.37 bits per heavy atom. The van der Waals surface area contributed by atoms with Crippen LogP contribution < -0.4 is 10.2 Å². The van der Waals surface area contributed by atoms with Gasteiger partial charge >= 0.3 is 5.97 Å². The van der Waals surface area contributed by atoms with Crippen molar-refractivity contribution in [2.75, 3.05) is 44.7 Å². The predicted octanol–water partition coefficient (Wildman–Crippen LogP) is 2.51. The summed E-state index contributed by atoms with van der Waals surface area (Å²) in [7, 11) is 1.27. The van der Waals surface area contributed by atoms with Gasteiger partial charge in [-0.1, -0.05) is 12.1 Å². The van der Waals surface area contributed by atoms with E-state index in [4.69, 9.17) is 4.74 Å². The second-order valence-electron chi connectivity index (χ2n) is 7.19. The number of rotatable bonds is 7. The number of nitrogens with one attached hydrogen (secondary N) is 1. The molecule has 0 aromatic heterocycles. The Morgan fingerprint density at radius 1 is 1.03 bits per heavy atom. The minimum absolute atomic E-state index is 0.0793. The Balaban J connectivity index is 1.55. The molecule has 1 N–H and O–H groups in total. The summed E-state index contributed by atoms with van der Waals surface area (Å²) in [5.74, 6) is -1.44. The van der Waals surface area contributed by atoms with Gasteiger partial charge in [0.2, 0.25) is 5.91 Å². The van der Waals surface area contributed by atoms with Crippen molar-refractivity contribution < 1.29 is 23.1 Å². The lowest BCUT2D eigenvalue weighted by molar-refractivity contribution is -0.141. The van der Waals surface area contributed by atoms with E-state index in [9.17, 15) is 18.4 Å². The molecule has 30 heavy (non-hydrogen) atoms. The van der Waals surface area contributed by atoms with Gasteiger partial charge in [0.15, 0.2) is 0 Å². The summed E-state index contributed by atoms with van der Waals surface area (Å²) in [6.45, 7) is 2.95. The number of nitrogens with zero attached hydrogens (tertiary/aromatic N) is 2. The SMILES string of the molecule is COC(=O)C[C@H](NC(=O)CN1CCN(c2ccc(F)cc2)CC1)c1cccc(F)c1. The number of esters is 1. The molecule has 0 spiro atoms. The number of amides is 1. The van der Waals surface area contributed by atoms with Crippen molar-refractivity contribution in [3.8, 4) is 0 Å². The van der Waals surface area contributed by atoms with Crippen LogP contribution in [-0.2, 0) is 14.3 Å². The van der Waals surface area contributed by atoms with Gasteiger partial charge in [0.05, 0.1) is 26.1 Å². The number of methoxy groups -OCH3 is 1. The van der Waals surface area contributed by atoms with E-state index in [1.54, 1.807) is 18.2 Å². The standard InChI is InChI=1S/C22H25F2N3O3/c1-30-22(29)14-20(16-3-2-4-18(24)13-16)25-21(28)15-26-9-11-27(12-10-26)19-7-5-17(23)6-8-19/h2-8,13,20H,9-12,14-15H2,1H3,(H,25,28)/t20-/m0/s1. The molecule has 1 aliphatic heterocycles. The second kappa shape index (κ2) is 10.2. The van der Waals surface area contributed by atoms with E-state index in [-0.39, 0.29) is 24.7 Å². The van der Waals surface area contributed by atoms with Gasteiger partial charge in [-0.2, -0.15) is 0 Å². The fourth-order valence-electron chi connectivity index (χ4n) is 3.48. The molecule has 0 aliphatic carbocycles. The maximum absolute atomic E-state index is 13.6. The molecule has 1 saturated heterocycles. The fourth-order valence-corrected chi connectivity index (χ4v) is 3.48. The van der Waals surface area contributed by atoms with Crippen LogP contribution in [0.25, 0.3) is 0 Å². The molecule has 1 atom stereocenters. The zero-order chi connectivity index (χ0) is 21.5. The Bertz CT molecular complexity index is 868. The highest BCUT2D eigenvalue weighted by Gasteiger charge is 2.23. The topological polar surface area (TPSA) is 61.9 Å². The average Bonchev–Trinajstić information content (AvgIpc) is 2.74. The number of ether oxygens (including phenoxy) is 1. The first kappa shape index (κ1) is 21.7. The summed E-state index contributed by atoms with van der Waals surface area (Å²) in [5, 5.41) is 2.82. The van der Waals surface area contributed by atoms with Gasteiger partial charge in [-0.05, 0) is 42.0 Å². The first-order chi connectivity index (χ1) is 14.4. The average molecular weight is 417 g/mol. The van der Waals surface area contributed by atoms with Gasteiger partial charge in [-0.15, -0.1) is 0 Å². The van der Waals surface area contributed by atoms with Gasteiger partial charge in [0.1, 0.15) is 11.6 Å². The Labute approximate surface area is 174 Å². The van der Waals surface area contributed by atoms with E-state index in [1.807, 2.05) is 4.90 Å². The molecule has 1 amide bonds. The van der Waals surface area contributed by atoms with Crippen LogP contribution in [0.15, 0.2) is 48.5 Å². The first-order valence-electron chi connectivity index (χ1n) is 9.79. The molecular formula is C22H25F2N3O3. The van der Waals surface area contributed by atoms with Gasteiger partial charge in [0.25, 0.3) is 0 Å². The van der Waals surface area contributed by atoms with Gasteiger partial charge in [-0.3, -0.25) is 14.5 Å². The van der Waals surface area contributed by atoms with Gasteiger partial charge in [-0.25, -0.2) is 8.78 Å². The lowest BCUT2D eigenvalue weighted by Gasteiger charge is -2.36. The molecule has 3 rings (SSSR count). The number of anilines is 1. The van der Waals surface area contributed by atoms with E-state index < -0.39 is 17.8 Å². The molecular weight excluding hydrogens is 392 g/mol. The van der Waals surface area contributed by atoms with Crippen molar-refractivity contribution >= 4 is 17.6 Å². The largest absolute Gasteiger partial charge is 0.469 e. The molecule has 1 heterocycles. The molecule has 2 aromatic carbocycles. The Hall–Kier alpha value is -3.00. The zero-order valence-electron chi connectivity index (χ0n) is 16.8. The van der Waals surface area contributed by atoms with E-state index in [2.05, 4.69) is 10.2 Å². The highest BCUT2D eigenvalue weighted by molar-refractivity contribution is 5.79. The monoisotopic (exact) mass is 417 g/mol. The fraction of sp³-hybridized carbons (Fsp3) is 0.364. The maximum Gasteiger partial charge on any atom is 0.307 e. The summed E-state index contributed by atoms with van der Waals surface area (Å²) in [6, 6.07) is 11.5. The quantitative estimate of drug-likeness (QED) is 0.702. The minimum Gasteiger partial charge on any atom is -0.469 e. The molecule has 6 nitrogen and oxygen atoms in total. The number of carbonyl (C=O) groups is 2. The number of hydrogen-bond donors (Lipinski definition) is 1. The summed E-state index contributed by atoms with van der Waals surface area (Å²) < 4.78 is 31.4. The summed E-state index contributed by atoms with van der Waals surface area (Å²) >= 11 is 0. The summed E-state index contributed by atoms with van der Waals surface area (Å²) in [5.41, 5.74) is 1.46. The zero-order valence-corrected chi connectivity index (χ0v) is 16.8. The first-order valence-corrected chi connectivity index (χ1v) is 9.79. The predicted molar refractivity (Wildman–Crippen MR) is 109 cm³/mol. The highest BCUT2D eigenvalue weighted by Crippen LogP contribution is 2.19. The van der Waals surface area contributed by atoms with Crippen LogP contribution in [0.4, 0.5) is 14.5 Å². The van der Waals surface area contributed by atoms with Crippen LogP contribution in [0.5, 0.6) is 0 Å². The molecule has 2 aromatic rings. The van der Waals surface area contributed by atoms with Gasteiger partial charge in [0, 0.05) is 31.9 Å². The molecule has 0 unspecified atom stereocenters. The minimum atomic E-state index is -0.666. The molecule has 0 saturated carbocycles. The third-order valence-corrected chi connectivity index (χ3v) is 5.12. The number of halogens is 2. The van der Waals surface area contributed by atoms with Crippen molar-refractivity contribution in [3.05, 3.63) is 65.7 Å². The molecule has 8 heteroatoms. The van der Waals surface area contributed by atoms with E-state index in [1.165, 1.54) is 37.4 Å². The van der Waals surface area contributed by atoms with Crippen molar-refractivity contribution in [1.82, 2.24) is 10.2 Å². The lowest BCUT2D eigenvalue weighted by atomic mass is 10.0. The highest BCUT2D eigenvalue weighted by atomic mass is 19.1. The van der Waals surface area contributed by atoms with Crippen molar-refractivity contribution in [2.24, 2.45) is 0 Å². The lowest BCUT2D eigenvalue weighted by Crippen LogP contribution is -2.50. The van der Waals surface area contributed by atoms with Crippen LogP contribution in [0.3, 0.4) is 0 Å². The van der Waals surface area contributed by atoms with Crippen LogP contribution in [0, 0.1) is 11.6 Å². The number of benzene rings is 2. The van der Waals surface area contributed by atoms with E-state index >= 15 is 0 Å². The van der Waals surface area contributed by atoms with Crippen LogP contribution in [-0.4, -0.2) is 56.6 Å². The summed E-state index contributed by atoms with van der Waals surface area (Å²) in [6.07, 6.45) is -0.0793. The number of hydrogen-bond acceptors (Lipinski definition) is 5. The second-order valence-corrected chi connectivity index (χ2v) is 7.19. The van der Waals surface area contributed by atoms with Crippen molar-refractivity contribution in [2.45, 2.75) is 12.5 Å². The number of piperazine rings is 1. The van der Waals surface area contributed by atoms with Crippen LogP contribution in [0.2, 0.25) is 0 Å². The molecule has 1 fully saturated rings. The van der Waals surface area contributed by atoms with E-state index in [0.717, 1.165) is 5.69 Å². The number of carbonyl (C=O) groups excluding carboxylic acids is 2. The molecule has 160 valence electrons. The maximum atomic E-state index is 13.6. The van der Waals surface area contributed by atoms with Gasteiger partial charge < -0.3 is 15.0 Å². The summed E-state index contributed by atoms with van der Waals surface area (Å²) in [4.78, 5) is 28.5. The molecule has 0 radical (unpaired) electrons. The smallest absolute Gasteiger partial charge is 0.307 e. The molecule has 1 aliphatic rings. The van der Waals surface area contributed by atoms with Crippen molar-refractivity contribution in [1.29, 1.82) is 0 Å². The Morgan fingerprint density at radius 2 is 1.73 bits per heavy atom. The normalized spacial score (nSPS) is 15.5. The van der Waals surface area contributed by atoms with Crippen LogP contribution in [0.1, 0.15) is 18.0 Å². The van der Waals surface area contributed by atoms with E-state index in [0.29, 0.717) is 31.7 Å². The third kappa shape index (κ3) is 6.00. The third-order valence-electron chi connectivity index (χ3n) is 5.12. The van der Waals surface area contributed by atoms with Crippen molar-refractivity contribution in [3.63, 3.8) is 0 Å².